The zero-order chi connectivity index (χ0) is 15.9. The quantitative estimate of drug-likeness (QED) is 0.521. The van der Waals surface area contributed by atoms with Gasteiger partial charge in [0.25, 0.3) is 0 Å². The van der Waals surface area contributed by atoms with Crippen molar-refractivity contribution in [3.05, 3.63) is 46.0 Å². The first-order valence-electron chi connectivity index (χ1n) is 6.57. The molecule has 22 heavy (non-hydrogen) atoms. The Labute approximate surface area is 132 Å². The van der Waals surface area contributed by atoms with E-state index in [0.29, 0.717) is 27.9 Å². The van der Waals surface area contributed by atoms with E-state index in [-0.39, 0.29) is 5.97 Å². The summed E-state index contributed by atoms with van der Waals surface area (Å²) in [5.41, 5.74) is 4.84. The van der Waals surface area contributed by atoms with Crippen LogP contribution in [0.3, 0.4) is 0 Å². The maximum atomic E-state index is 11.7. The Morgan fingerprint density at radius 2 is 2.23 bits per heavy atom. The summed E-state index contributed by atoms with van der Waals surface area (Å²) < 4.78 is 4.96. The molecule has 1 N–H and O–H groups in total. The highest BCUT2D eigenvalue weighted by molar-refractivity contribution is 7.17. The number of aryl methyl sites for hydroxylation is 1. The number of benzene rings is 1. The molecule has 1 aromatic carbocycles. The van der Waals surface area contributed by atoms with Crippen molar-refractivity contribution in [3.8, 4) is 6.07 Å². The minimum absolute atomic E-state index is 0.329. The second-order valence-corrected chi connectivity index (χ2v) is 5.26. The molecule has 0 aliphatic carbocycles. The lowest BCUT2D eigenvalue weighted by molar-refractivity contribution is 0.0531. The van der Waals surface area contributed by atoms with Gasteiger partial charge in [0.2, 0.25) is 5.13 Å². The lowest BCUT2D eigenvalue weighted by atomic mass is 10.2. The number of ether oxygens (including phenoxy) is 1. The topological polar surface area (TPSA) is 87.4 Å². The zero-order valence-corrected chi connectivity index (χ0v) is 13.0. The minimum atomic E-state index is -0.373. The van der Waals surface area contributed by atoms with Crippen LogP contribution < -0.4 is 5.43 Å². The third kappa shape index (κ3) is 3.90. The number of carbonyl (C=O) groups excluding carboxylic acids is 1. The van der Waals surface area contributed by atoms with Gasteiger partial charge in [-0.05, 0) is 31.5 Å². The highest BCUT2D eigenvalue weighted by Gasteiger charge is 2.15. The summed E-state index contributed by atoms with van der Waals surface area (Å²) in [6.45, 7) is 3.84. The predicted octanol–water partition coefficient (Wildman–Crippen LogP) is 2.95. The molecule has 7 heteroatoms. The Kier molecular flexibility index (Phi) is 5.22. The Morgan fingerprint density at radius 1 is 1.50 bits per heavy atom. The molecule has 0 aliphatic heterocycles. The molecule has 0 atom stereocenters. The number of hydrogen-bond acceptors (Lipinski definition) is 7. The Bertz CT molecular complexity index is 729. The molecule has 0 fully saturated rings. The zero-order valence-electron chi connectivity index (χ0n) is 12.2. The molecular weight excluding hydrogens is 300 g/mol. The van der Waals surface area contributed by atoms with Gasteiger partial charge in [0.05, 0.1) is 30.1 Å². The number of hydrogen-bond donors (Lipinski definition) is 1. The van der Waals surface area contributed by atoms with E-state index in [1.165, 1.54) is 11.3 Å². The molecule has 0 unspecified atom stereocenters. The fraction of sp³-hybridized carbons (Fsp3) is 0.200. The van der Waals surface area contributed by atoms with E-state index >= 15 is 0 Å². The summed E-state index contributed by atoms with van der Waals surface area (Å²) in [4.78, 5) is 16.4. The van der Waals surface area contributed by atoms with E-state index in [2.05, 4.69) is 21.6 Å². The molecule has 6 nitrogen and oxygen atoms in total. The number of carbonyl (C=O) groups is 1. The summed E-state index contributed by atoms with van der Waals surface area (Å²) in [5, 5.41) is 13.3. The number of nitrogens with one attached hydrogen (secondary N) is 1. The van der Waals surface area contributed by atoms with Gasteiger partial charge in [0.15, 0.2) is 0 Å². The van der Waals surface area contributed by atoms with Gasteiger partial charge in [-0.15, -0.1) is 0 Å². The van der Waals surface area contributed by atoms with Crippen molar-refractivity contribution in [1.82, 2.24) is 4.98 Å². The average Bonchev–Trinajstić information content (AvgIpc) is 2.89. The van der Waals surface area contributed by atoms with Crippen molar-refractivity contribution in [2.24, 2.45) is 5.10 Å². The van der Waals surface area contributed by atoms with Gasteiger partial charge in [0.1, 0.15) is 4.88 Å². The van der Waals surface area contributed by atoms with Crippen LogP contribution >= 0.6 is 11.3 Å². The molecule has 0 bridgehead atoms. The van der Waals surface area contributed by atoms with E-state index in [1.807, 2.05) is 0 Å². The molecule has 0 spiro atoms. The van der Waals surface area contributed by atoms with Gasteiger partial charge in [-0.3, -0.25) is 5.43 Å². The Morgan fingerprint density at radius 3 is 2.86 bits per heavy atom. The van der Waals surface area contributed by atoms with Crippen molar-refractivity contribution >= 4 is 28.7 Å². The van der Waals surface area contributed by atoms with Gasteiger partial charge >= 0.3 is 5.97 Å². The van der Waals surface area contributed by atoms with Crippen LogP contribution in [0.2, 0.25) is 0 Å². The molecule has 1 heterocycles. The van der Waals surface area contributed by atoms with Crippen LogP contribution in [0, 0.1) is 18.3 Å². The first kappa shape index (κ1) is 15.7. The van der Waals surface area contributed by atoms with Crippen LogP contribution in [-0.4, -0.2) is 23.8 Å². The standard InChI is InChI=1S/C15H14N4O2S/c1-3-21-14(20)13-10(2)18-15(22-13)19-17-9-12-6-4-11(8-16)5-7-12/h4-7,9H,3H2,1-2H3,(H,18,19)/b17-9+. The van der Waals surface area contributed by atoms with Crippen molar-refractivity contribution in [2.45, 2.75) is 13.8 Å². The van der Waals surface area contributed by atoms with Gasteiger partial charge in [-0.2, -0.15) is 10.4 Å². The summed E-state index contributed by atoms with van der Waals surface area (Å²) in [5.74, 6) is -0.373. The molecule has 0 saturated heterocycles. The lowest BCUT2D eigenvalue weighted by Gasteiger charge is -1.97. The van der Waals surface area contributed by atoms with Gasteiger partial charge < -0.3 is 4.74 Å². The van der Waals surface area contributed by atoms with Crippen LogP contribution in [0.15, 0.2) is 29.4 Å². The number of hydrazone groups is 1. The number of thiazole rings is 1. The summed E-state index contributed by atoms with van der Waals surface area (Å²) in [7, 11) is 0. The number of aromatic nitrogens is 1. The van der Waals surface area contributed by atoms with Crippen molar-refractivity contribution < 1.29 is 9.53 Å². The highest BCUT2D eigenvalue weighted by atomic mass is 32.1. The fourth-order valence-electron chi connectivity index (χ4n) is 1.64. The summed E-state index contributed by atoms with van der Waals surface area (Å²) in [6, 6.07) is 9.07. The number of anilines is 1. The Balaban J connectivity index is 2.02. The molecule has 0 amide bonds. The smallest absolute Gasteiger partial charge is 0.350 e. The lowest BCUT2D eigenvalue weighted by Crippen LogP contribution is -2.03. The average molecular weight is 314 g/mol. The molecule has 1 aromatic heterocycles. The third-order valence-electron chi connectivity index (χ3n) is 2.67. The van der Waals surface area contributed by atoms with E-state index < -0.39 is 0 Å². The van der Waals surface area contributed by atoms with Gasteiger partial charge in [-0.25, -0.2) is 9.78 Å². The number of rotatable bonds is 5. The molecule has 2 aromatic rings. The second-order valence-electron chi connectivity index (χ2n) is 4.26. The van der Waals surface area contributed by atoms with Crippen molar-refractivity contribution in [1.29, 1.82) is 5.26 Å². The molecule has 2 rings (SSSR count). The third-order valence-corrected chi connectivity index (χ3v) is 3.71. The molecule has 0 aliphatic rings. The molecule has 0 radical (unpaired) electrons. The number of esters is 1. The molecule has 112 valence electrons. The largest absolute Gasteiger partial charge is 0.462 e. The highest BCUT2D eigenvalue weighted by Crippen LogP contribution is 2.23. The van der Waals surface area contributed by atoms with Gasteiger partial charge in [0, 0.05) is 0 Å². The SMILES string of the molecule is CCOC(=O)c1sc(N/N=C/c2ccc(C#N)cc2)nc1C. The number of nitriles is 1. The summed E-state index contributed by atoms with van der Waals surface area (Å²) >= 11 is 1.20. The molecule has 0 saturated carbocycles. The Hall–Kier alpha value is -2.72. The van der Waals surface area contributed by atoms with E-state index in [1.54, 1.807) is 44.3 Å². The van der Waals surface area contributed by atoms with Crippen molar-refractivity contribution in [3.63, 3.8) is 0 Å². The van der Waals surface area contributed by atoms with Crippen LogP contribution in [0.25, 0.3) is 0 Å². The monoisotopic (exact) mass is 314 g/mol. The van der Waals surface area contributed by atoms with E-state index in [4.69, 9.17) is 10.00 Å². The van der Waals surface area contributed by atoms with Crippen LogP contribution in [-0.2, 0) is 4.74 Å². The van der Waals surface area contributed by atoms with Crippen LogP contribution in [0.4, 0.5) is 5.13 Å². The minimum Gasteiger partial charge on any atom is -0.462 e. The van der Waals surface area contributed by atoms with E-state index in [9.17, 15) is 4.79 Å². The summed E-state index contributed by atoms with van der Waals surface area (Å²) in [6.07, 6.45) is 1.61. The predicted molar refractivity (Wildman–Crippen MR) is 85.2 cm³/mol. The van der Waals surface area contributed by atoms with Crippen LogP contribution in [0.1, 0.15) is 33.4 Å². The van der Waals surface area contributed by atoms with Crippen LogP contribution in [0.5, 0.6) is 0 Å². The maximum absolute atomic E-state index is 11.7. The van der Waals surface area contributed by atoms with E-state index in [0.717, 1.165) is 5.56 Å². The number of nitrogens with zero attached hydrogens (tertiary/aromatic N) is 3. The first-order chi connectivity index (χ1) is 10.6. The first-order valence-corrected chi connectivity index (χ1v) is 7.39. The second kappa shape index (κ2) is 7.33. The van der Waals surface area contributed by atoms with Gasteiger partial charge in [-0.1, -0.05) is 23.5 Å². The fourth-order valence-corrected chi connectivity index (χ4v) is 2.45. The van der Waals surface area contributed by atoms with Crippen molar-refractivity contribution in [2.75, 3.05) is 12.0 Å². The normalized spacial score (nSPS) is 10.4. The maximum Gasteiger partial charge on any atom is 0.350 e. The molecular formula is C15H14N4O2S.